The molecule has 6 nitrogen and oxygen atoms in total. The summed E-state index contributed by atoms with van der Waals surface area (Å²) in [7, 11) is 0. The van der Waals surface area contributed by atoms with Crippen molar-refractivity contribution in [2.75, 3.05) is 5.32 Å². The predicted molar refractivity (Wildman–Crippen MR) is 73.2 cm³/mol. The van der Waals surface area contributed by atoms with E-state index in [4.69, 9.17) is 5.11 Å². The van der Waals surface area contributed by atoms with Crippen molar-refractivity contribution < 1.29 is 9.90 Å². The number of H-pyrrole nitrogens is 1. The first-order valence-electron chi connectivity index (χ1n) is 5.54. The molecule has 0 atom stereocenters. The van der Waals surface area contributed by atoms with Crippen LogP contribution in [-0.2, 0) is 0 Å². The summed E-state index contributed by atoms with van der Waals surface area (Å²) in [6, 6.07) is 3.64. The number of carbonyl (C=O) groups is 1. The number of anilines is 2. The number of hydrogen-bond acceptors (Lipinski definition) is 5. The molecule has 0 aromatic carbocycles. The van der Waals surface area contributed by atoms with Gasteiger partial charge >= 0.3 is 5.97 Å². The zero-order valence-corrected chi connectivity index (χ0v) is 10.8. The third-order valence-electron chi connectivity index (χ3n) is 2.66. The number of aromatic nitrogens is 3. The molecule has 0 saturated carbocycles. The van der Waals surface area contributed by atoms with Crippen LogP contribution in [-0.4, -0.2) is 26.0 Å². The molecule has 0 radical (unpaired) electrons. The maximum absolute atomic E-state index is 11.2. The van der Waals surface area contributed by atoms with Gasteiger partial charge in [0.2, 0.25) is 0 Å². The zero-order chi connectivity index (χ0) is 13.4. The van der Waals surface area contributed by atoms with E-state index in [-0.39, 0.29) is 4.88 Å². The van der Waals surface area contributed by atoms with Gasteiger partial charge < -0.3 is 15.4 Å². The Hall–Kier alpha value is -2.41. The van der Waals surface area contributed by atoms with Crippen molar-refractivity contribution in [3.8, 4) is 0 Å². The number of aromatic carboxylic acids is 1. The molecule has 0 unspecified atom stereocenters. The molecular weight excluding hydrogens is 264 g/mol. The minimum Gasteiger partial charge on any atom is -0.477 e. The SMILES string of the molecule is Cc1cc(Nc2ncnc3[nH]ccc23)c(C(=O)O)s1. The molecule has 0 saturated heterocycles. The average molecular weight is 274 g/mol. The van der Waals surface area contributed by atoms with Crippen LogP contribution in [0.2, 0.25) is 0 Å². The van der Waals surface area contributed by atoms with Crippen LogP contribution in [0.15, 0.2) is 24.7 Å². The van der Waals surface area contributed by atoms with Crippen molar-refractivity contribution in [3.63, 3.8) is 0 Å². The monoisotopic (exact) mass is 274 g/mol. The van der Waals surface area contributed by atoms with Crippen molar-refractivity contribution in [1.82, 2.24) is 15.0 Å². The standard InChI is InChI=1S/C12H10N4O2S/c1-6-4-8(9(19-6)12(17)18)16-11-7-2-3-13-10(7)14-5-15-11/h2-5H,1H3,(H,17,18)(H2,13,14,15,16). The van der Waals surface area contributed by atoms with Crippen molar-refractivity contribution in [3.05, 3.63) is 34.4 Å². The number of nitrogens with zero attached hydrogens (tertiary/aromatic N) is 2. The quantitative estimate of drug-likeness (QED) is 0.683. The maximum Gasteiger partial charge on any atom is 0.348 e. The molecular formula is C12H10N4O2S. The molecule has 0 aliphatic carbocycles. The Labute approximate surface area is 112 Å². The van der Waals surface area contributed by atoms with Gasteiger partial charge in [-0.05, 0) is 19.1 Å². The molecule has 0 aliphatic heterocycles. The molecule has 19 heavy (non-hydrogen) atoms. The minimum absolute atomic E-state index is 0.278. The summed E-state index contributed by atoms with van der Waals surface area (Å²) in [6.45, 7) is 1.87. The molecule has 3 rings (SSSR count). The van der Waals surface area contributed by atoms with E-state index in [1.54, 1.807) is 12.3 Å². The lowest BCUT2D eigenvalue weighted by Crippen LogP contribution is -2.00. The van der Waals surface area contributed by atoms with E-state index >= 15 is 0 Å². The minimum atomic E-state index is -0.944. The van der Waals surface area contributed by atoms with Crippen LogP contribution < -0.4 is 5.32 Å². The Morgan fingerprint density at radius 3 is 3.11 bits per heavy atom. The van der Waals surface area contributed by atoms with E-state index < -0.39 is 5.97 Å². The second-order valence-corrected chi connectivity index (χ2v) is 5.25. The van der Waals surface area contributed by atoms with Gasteiger partial charge in [-0.2, -0.15) is 0 Å². The summed E-state index contributed by atoms with van der Waals surface area (Å²) in [5.41, 5.74) is 1.26. The highest BCUT2D eigenvalue weighted by molar-refractivity contribution is 7.14. The second kappa shape index (κ2) is 4.36. The van der Waals surface area contributed by atoms with E-state index in [0.29, 0.717) is 17.2 Å². The summed E-state index contributed by atoms with van der Waals surface area (Å²) < 4.78 is 0. The molecule has 3 aromatic rings. The van der Waals surface area contributed by atoms with Gasteiger partial charge in [-0.3, -0.25) is 0 Å². The Morgan fingerprint density at radius 2 is 2.32 bits per heavy atom. The fourth-order valence-corrected chi connectivity index (χ4v) is 2.67. The number of carboxylic acids is 1. The van der Waals surface area contributed by atoms with Crippen molar-refractivity contribution >= 4 is 39.8 Å². The Balaban J connectivity index is 2.06. The number of nitrogens with one attached hydrogen (secondary N) is 2. The van der Waals surface area contributed by atoms with Gasteiger partial charge in [0.1, 0.15) is 22.7 Å². The number of rotatable bonds is 3. The van der Waals surface area contributed by atoms with Crippen molar-refractivity contribution in [1.29, 1.82) is 0 Å². The van der Waals surface area contributed by atoms with Crippen molar-refractivity contribution in [2.24, 2.45) is 0 Å². The van der Waals surface area contributed by atoms with Gasteiger partial charge in [0.25, 0.3) is 0 Å². The molecule has 0 spiro atoms. The van der Waals surface area contributed by atoms with Gasteiger partial charge in [-0.25, -0.2) is 14.8 Å². The first-order chi connectivity index (χ1) is 9.15. The third-order valence-corrected chi connectivity index (χ3v) is 3.70. The highest BCUT2D eigenvalue weighted by atomic mass is 32.1. The lowest BCUT2D eigenvalue weighted by Gasteiger charge is -2.05. The topological polar surface area (TPSA) is 90.9 Å². The van der Waals surface area contributed by atoms with E-state index in [1.165, 1.54) is 17.7 Å². The van der Waals surface area contributed by atoms with E-state index in [0.717, 1.165) is 10.3 Å². The summed E-state index contributed by atoms with van der Waals surface area (Å²) in [6.07, 6.45) is 3.20. The fourth-order valence-electron chi connectivity index (χ4n) is 1.87. The van der Waals surface area contributed by atoms with Gasteiger partial charge in [0, 0.05) is 11.1 Å². The van der Waals surface area contributed by atoms with Crippen LogP contribution in [0.5, 0.6) is 0 Å². The first-order valence-corrected chi connectivity index (χ1v) is 6.35. The predicted octanol–water partition coefficient (Wildman–Crippen LogP) is 2.77. The Kier molecular flexibility index (Phi) is 2.68. The lowest BCUT2D eigenvalue weighted by molar-refractivity contribution is 0.0703. The molecule has 7 heteroatoms. The van der Waals surface area contributed by atoms with E-state index in [9.17, 15) is 4.79 Å². The van der Waals surface area contributed by atoms with Crippen LogP contribution in [0.3, 0.4) is 0 Å². The molecule has 0 amide bonds. The van der Waals surface area contributed by atoms with Crippen molar-refractivity contribution in [2.45, 2.75) is 6.92 Å². The number of hydrogen-bond donors (Lipinski definition) is 3. The summed E-state index contributed by atoms with van der Waals surface area (Å²) in [4.78, 5) is 23.6. The molecule has 3 N–H and O–H groups in total. The molecule has 3 heterocycles. The number of thiophene rings is 1. The van der Waals surface area contributed by atoms with E-state index in [1.807, 2.05) is 13.0 Å². The molecule has 0 fully saturated rings. The normalized spacial score (nSPS) is 10.8. The van der Waals surface area contributed by atoms with Gasteiger partial charge in [0.05, 0.1) is 11.1 Å². The highest BCUT2D eigenvalue weighted by Gasteiger charge is 2.15. The average Bonchev–Trinajstić information content (AvgIpc) is 2.96. The van der Waals surface area contributed by atoms with Gasteiger partial charge in [-0.1, -0.05) is 0 Å². The van der Waals surface area contributed by atoms with Gasteiger partial charge in [0.15, 0.2) is 0 Å². The lowest BCUT2D eigenvalue weighted by atomic mass is 10.3. The molecule has 0 bridgehead atoms. The largest absolute Gasteiger partial charge is 0.477 e. The van der Waals surface area contributed by atoms with Crippen LogP contribution in [0, 0.1) is 6.92 Å². The number of aromatic amines is 1. The number of aryl methyl sites for hydroxylation is 1. The van der Waals surface area contributed by atoms with Crippen LogP contribution in [0.25, 0.3) is 11.0 Å². The fraction of sp³-hybridized carbons (Fsp3) is 0.0833. The van der Waals surface area contributed by atoms with Crippen LogP contribution in [0.4, 0.5) is 11.5 Å². The van der Waals surface area contributed by atoms with Crippen LogP contribution >= 0.6 is 11.3 Å². The molecule has 96 valence electrons. The summed E-state index contributed by atoms with van der Waals surface area (Å²) >= 11 is 1.24. The maximum atomic E-state index is 11.2. The molecule has 0 aliphatic rings. The second-order valence-electron chi connectivity index (χ2n) is 3.99. The Morgan fingerprint density at radius 1 is 1.47 bits per heavy atom. The number of fused-ring (bicyclic) bond motifs is 1. The van der Waals surface area contributed by atoms with E-state index in [2.05, 4.69) is 20.3 Å². The smallest absolute Gasteiger partial charge is 0.348 e. The highest BCUT2D eigenvalue weighted by Crippen LogP contribution is 2.30. The van der Waals surface area contributed by atoms with Gasteiger partial charge in [-0.15, -0.1) is 11.3 Å². The zero-order valence-electron chi connectivity index (χ0n) is 9.97. The summed E-state index contributed by atoms with van der Waals surface area (Å²) in [5, 5.41) is 13.0. The van der Waals surface area contributed by atoms with Crippen LogP contribution in [0.1, 0.15) is 14.5 Å². The summed E-state index contributed by atoms with van der Waals surface area (Å²) in [5.74, 6) is -0.355. The molecule has 3 aromatic heterocycles. The first kappa shape index (κ1) is 11.7. The Bertz CT molecular complexity index is 762. The number of carboxylic acid groups (broad SMARTS) is 1. The third kappa shape index (κ3) is 2.04.